The molecule has 3 heterocycles. The summed E-state index contributed by atoms with van der Waals surface area (Å²) in [4.78, 5) is 16.0. The second kappa shape index (κ2) is 20.6. The van der Waals surface area contributed by atoms with E-state index in [4.69, 9.17) is 15.0 Å². The Morgan fingerprint density at radius 2 is 0.747 bits per heavy atom. The fraction of sp³-hybridized carbons (Fsp3) is 0.0122. The van der Waals surface area contributed by atoms with Gasteiger partial charge >= 0.3 is 0 Å². The third kappa shape index (κ3) is 8.38. The molecule has 0 radical (unpaired) electrons. The lowest BCUT2D eigenvalue weighted by Crippen LogP contribution is -2.28. The first-order chi connectivity index (χ1) is 43.1. The average molecular weight is 1130 g/mol. The first-order valence-corrected chi connectivity index (χ1v) is 30.5. The Labute approximate surface area is 508 Å². The van der Waals surface area contributed by atoms with Crippen molar-refractivity contribution in [3.05, 3.63) is 338 Å². The predicted octanol–water partition coefficient (Wildman–Crippen LogP) is 21.4. The number of fused-ring (bicyclic) bond motifs is 9. The number of thiophene rings is 1. The summed E-state index contributed by atoms with van der Waals surface area (Å²) in [6.45, 7) is 0. The Balaban J connectivity index is 0.786. The van der Waals surface area contributed by atoms with Crippen molar-refractivity contribution in [1.82, 2.24) is 19.5 Å². The highest BCUT2D eigenvalue weighted by molar-refractivity contribution is 7.26. The Morgan fingerprint density at radius 1 is 0.264 bits per heavy atom. The summed E-state index contributed by atoms with van der Waals surface area (Å²) in [5.74, 6) is 1.87. The monoisotopic (exact) mass is 1120 g/mol. The molecule has 0 saturated heterocycles. The maximum atomic E-state index is 5.42. The Morgan fingerprint density at radius 3 is 1.45 bits per heavy atom. The van der Waals surface area contributed by atoms with E-state index in [-0.39, 0.29) is 0 Å². The molecule has 87 heavy (non-hydrogen) atoms. The molecule has 0 saturated carbocycles. The largest absolute Gasteiger partial charge is 0.309 e. The van der Waals surface area contributed by atoms with Gasteiger partial charge in [-0.25, -0.2) is 15.0 Å². The number of nitrogens with zero attached hydrogens (tertiary/aromatic N) is 4. The summed E-state index contributed by atoms with van der Waals surface area (Å²) in [5, 5.41) is 4.72. The Hall–Kier alpha value is -11.1. The van der Waals surface area contributed by atoms with E-state index in [1.807, 2.05) is 18.2 Å². The quantitative estimate of drug-likeness (QED) is 0.137. The molecule has 4 nitrogen and oxygen atoms in total. The van der Waals surface area contributed by atoms with Crippen LogP contribution in [0.5, 0.6) is 0 Å². The van der Waals surface area contributed by atoms with Gasteiger partial charge in [0.1, 0.15) is 0 Å². The van der Waals surface area contributed by atoms with Crippen molar-refractivity contribution in [3.8, 4) is 95.5 Å². The van der Waals surface area contributed by atoms with Crippen LogP contribution in [0.1, 0.15) is 22.3 Å². The zero-order chi connectivity index (χ0) is 57.4. The second-order valence-electron chi connectivity index (χ2n) is 22.6. The molecule has 3 aromatic heterocycles. The van der Waals surface area contributed by atoms with Crippen molar-refractivity contribution in [2.24, 2.45) is 0 Å². The molecule has 0 amide bonds. The second-order valence-corrected chi connectivity index (χ2v) is 23.7. The minimum absolute atomic E-state index is 0.506. The van der Waals surface area contributed by atoms with Gasteiger partial charge in [-0.1, -0.05) is 243 Å². The molecule has 406 valence electrons. The third-order valence-electron chi connectivity index (χ3n) is 17.7. The Bertz CT molecular complexity index is 5230. The van der Waals surface area contributed by atoms with Crippen LogP contribution in [0.15, 0.2) is 315 Å². The van der Waals surface area contributed by atoms with Crippen LogP contribution in [0.2, 0.25) is 0 Å². The lowest BCUT2D eigenvalue weighted by molar-refractivity contribution is 0.767. The first-order valence-electron chi connectivity index (χ1n) is 29.6. The van der Waals surface area contributed by atoms with Crippen molar-refractivity contribution in [1.29, 1.82) is 0 Å². The highest BCUT2D eigenvalue weighted by Crippen LogP contribution is 2.57. The molecule has 0 fully saturated rings. The zero-order valence-electron chi connectivity index (χ0n) is 47.2. The van der Waals surface area contributed by atoms with Crippen molar-refractivity contribution in [2.75, 3.05) is 0 Å². The van der Waals surface area contributed by atoms with Crippen LogP contribution in [0.4, 0.5) is 0 Å². The maximum Gasteiger partial charge on any atom is 0.164 e. The van der Waals surface area contributed by atoms with E-state index in [1.165, 1.54) is 75.6 Å². The van der Waals surface area contributed by atoms with Gasteiger partial charge in [0.2, 0.25) is 0 Å². The molecule has 0 atom stereocenters. The van der Waals surface area contributed by atoms with E-state index in [0.29, 0.717) is 17.5 Å². The van der Waals surface area contributed by atoms with E-state index >= 15 is 0 Å². The van der Waals surface area contributed by atoms with Crippen LogP contribution in [0, 0.1) is 0 Å². The molecule has 0 spiro atoms. The highest BCUT2D eigenvalue weighted by atomic mass is 32.1. The SMILES string of the molecule is c1ccc(-c2cc(-c3ccccc3)cc(-c3cccc(-c4nc(-c5ccccc5)nc(-c5cccc6sc7ccc(-c8ccc9c(c8)c8ccccc8n9-c8ccc9c(c8)C(c8ccccc8)(c8ccccc8)c8ccccc8-9)cc7c56)n4)c3)c2)cc1. The lowest BCUT2D eigenvalue weighted by atomic mass is 9.67. The number of hydrogen-bond acceptors (Lipinski definition) is 4. The molecule has 1 aliphatic rings. The van der Waals surface area contributed by atoms with Gasteiger partial charge in [0.15, 0.2) is 17.5 Å². The molecule has 0 bridgehead atoms. The van der Waals surface area contributed by atoms with Gasteiger partial charge in [-0.15, -0.1) is 11.3 Å². The number of para-hydroxylation sites is 1. The number of rotatable bonds is 10. The summed E-state index contributed by atoms with van der Waals surface area (Å²) < 4.78 is 4.85. The summed E-state index contributed by atoms with van der Waals surface area (Å²) in [5.41, 5.74) is 22.6. The number of aromatic nitrogens is 4. The molecule has 17 rings (SSSR count). The lowest BCUT2D eigenvalue weighted by Gasteiger charge is -2.34. The molecule has 5 heteroatoms. The van der Waals surface area contributed by atoms with E-state index < -0.39 is 5.41 Å². The van der Waals surface area contributed by atoms with Gasteiger partial charge in [0.25, 0.3) is 0 Å². The van der Waals surface area contributed by atoms with Gasteiger partial charge in [-0.05, 0) is 151 Å². The topological polar surface area (TPSA) is 43.6 Å². The minimum Gasteiger partial charge on any atom is -0.309 e. The van der Waals surface area contributed by atoms with Crippen molar-refractivity contribution >= 4 is 53.3 Å². The fourth-order valence-corrected chi connectivity index (χ4v) is 14.9. The normalized spacial score (nSPS) is 12.5. The van der Waals surface area contributed by atoms with Crippen molar-refractivity contribution < 1.29 is 0 Å². The minimum atomic E-state index is -0.506. The van der Waals surface area contributed by atoms with Gasteiger partial charge < -0.3 is 4.57 Å². The van der Waals surface area contributed by atoms with Crippen molar-refractivity contribution in [3.63, 3.8) is 0 Å². The van der Waals surface area contributed by atoms with Crippen LogP contribution in [0.25, 0.3) is 137 Å². The molecule has 13 aromatic carbocycles. The number of hydrogen-bond donors (Lipinski definition) is 0. The van der Waals surface area contributed by atoms with Gasteiger partial charge in [-0.3, -0.25) is 0 Å². The molecular formula is C82H52N4S. The summed E-state index contributed by atoms with van der Waals surface area (Å²) in [6.07, 6.45) is 0. The molecule has 16 aromatic rings. The van der Waals surface area contributed by atoms with Crippen LogP contribution in [-0.2, 0) is 5.41 Å². The summed E-state index contributed by atoms with van der Waals surface area (Å²) in [7, 11) is 0. The van der Waals surface area contributed by atoms with Gasteiger partial charge in [-0.2, -0.15) is 0 Å². The van der Waals surface area contributed by atoms with E-state index in [2.05, 4.69) is 302 Å². The summed E-state index contributed by atoms with van der Waals surface area (Å²) >= 11 is 1.81. The predicted molar refractivity (Wildman–Crippen MR) is 362 cm³/mol. The third-order valence-corrected chi connectivity index (χ3v) is 18.8. The smallest absolute Gasteiger partial charge is 0.164 e. The van der Waals surface area contributed by atoms with E-state index in [9.17, 15) is 0 Å². The standard InChI is InChI=1S/C82H52N4S/c1-6-22-53(23-7-1)60-47-61(54-24-8-2-9-25-54)49-62(48-60)56-28-20-29-59(46-56)80-83-79(55-26-10-3-11-27-55)84-81(85-80)69-36-21-39-77-78(69)71-51-58(41-45-76(71)87-77)57-40-44-75-70(50-57)68-35-17-19-38-74(68)86(75)65-42-43-67-66-34-16-18-37-72(66)82(73(67)52-65,63-30-12-4-13-31-63)64-32-14-5-15-33-64/h1-52H. The molecule has 0 unspecified atom stereocenters. The average Bonchev–Trinajstić information content (AvgIpc) is 1.58. The zero-order valence-corrected chi connectivity index (χ0v) is 48.0. The number of benzene rings is 13. The van der Waals surface area contributed by atoms with Crippen molar-refractivity contribution in [2.45, 2.75) is 5.41 Å². The molecule has 1 aliphatic carbocycles. The highest BCUT2D eigenvalue weighted by Gasteiger charge is 2.46. The van der Waals surface area contributed by atoms with Gasteiger partial charge in [0.05, 0.1) is 16.4 Å². The Kier molecular flexibility index (Phi) is 11.9. The first kappa shape index (κ1) is 50.4. The maximum absolute atomic E-state index is 5.42. The molecular weight excluding hydrogens is 1070 g/mol. The van der Waals surface area contributed by atoms with E-state index in [1.54, 1.807) is 11.3 Å². The van der Waals surface area contributed by atoms with E-state index in [0.717, 1.165) is 66.7 Å². The summed E-state index contributed by atoms with van der Waals surface area (Å²) in [6, 6.07) is 115. The fourth-order valence-electron chi connectivity index (χ4n) is 13.8. The van der Waals surface area contributed by atoms with Crippen LogP contribution >= 0.6 is 11.3 Å². The van der Waals surface area contributed by atoms with Crippen LogP contribution in [0.3, 0.4) is 0 Å². The van der Waals surface area contributed by atoms with Crippen LogP contribution < -0.4 is 0 Å². The molecule has 0 N–H and O–H groups in total. The van der Waals surface area contributed by atoms with Gasteiger partial charge in [0, 0.05) is 53.3 Å². The van der Waals surface area contributed by atoms with Crippen LogP contribution in [-0.4, -0.2) is 19.5 Å². The molecule has 0 aliphatic heterocycles.